The number of rotatable bonds is 5. The molecule has 4 N–H and O–H groups in total. The number of hydrogen-bond acceptors (Lipinski definition) is 5. The summed E-state index contributed by atoms with van der Waals surface area (Å²) in [5.41, 5.74) is 10.1. The van der Waals surface area contributed by atoms with E-state index in [0.717, 1.165) is 47.8 Å². The number of primary amides is 1. The van der Waals surface area contributed by atoms with Gasteiger partial charge in [-0.3, -0.25) is 9.59 Å². The minimum atomic E-state index is -0.468. The number of H-pyrrole nitrogens is 1. The average Bonchev–Trinajstić information content (AvgIpc) is 3.19. The molecule has 2 heterocycles. The summed E-state index contributed by atoms with van der Waals surface area (Å²) in [5, 5.41) is 4.16. The van der Waals surface area contributed by atoms with Crippen molar-refractivity contribution in [2.45, 2.75) is 37.8 Å². The minimum Gasteiger partial charge on any atom is -0.365 e. The Labute approximate surface area is 164 Å². The van der Waals surface area contributed by atoms with Crippen molar-refractivity contribution in [3.63, 3.8) is 0 Å². The topological polar surface area (TPSA) is 101 Å². The molecule has 0 unspecified atom stereocenters. The van der Waals surface area contributed by atoms with Crippen LogP contribution < -0.4 is 11.1 Å². The van der Waals surface area contributed by atoms with Crippen LogP contribution in [0, 0.1) is 6.92 Å². The van der Waals surface area contributed by atoms with E-state index < -0.39 is 5.91 Å². The van der Waals surface area contributed by atoms with Gasteiger partial charge in [-0.2, -0.15) is 0 Å². The van der Waals surface area contributed by atoms with Crippen molar-refractivity contribution in [3.8, 4) is 0 Å². The molecule has 0 aliphatic heterocycles. The van der Waals surface area contributed by atoms with E-state index in [4.69, 9.17) is 5.73 Å². The van der Waals surface area contributed by atoms with E-state index in [1.807, 2.05) is 25.1 Å². The van der Waals surface area contributed by atoms with E-state index in [1.165, 1.54) is 28.0 Å². The first-order chi connectivity index (χ1) is 13.0. The number of carbonyl (C=O) groups excluding carboxylic acids is 2. The van der Waals surface area contributed by atoms with Crippen molar-refractivity contribution in [2.75, 3.05) is 11.1 Å². The van der Waals surface area contributed by atoms with Crippen molar-refractivity contribution in [1.29, 1.82) is 0 Å². The first kappa shape index (κ1) is 18.1. The lowest BCUT2D eigenvalue weighted by Gasteiger charge is -2.11. The van der Waals surface area contributed by atoms with E-state index >= 15 is 0 Å². The number of nitrogens with two attached hydrogens (primary N) is 1. The zero-order valence-electron chi connectivity index (χ0n) is 14.9. The zero-order chi connectivity index (χ0) is 19.0. The molecule has 0 atom stereocenters. The number of benzene rings is 1. The summed E-state index contributed by atoms with van der Waals surface area (Å²) in [6.45, 7) is 2.03. The van der Waals surface area contributed by atoms with Crippen molar-refractivity contribution in [3.05, 3.63) is 39.8 Å². The van der Waals surface area contributed by atoms with Crippen LogP contribution in [-0.4, -0.2) is 27.5 Å². The maximum atomic E-state index is 12.4. The summed E-state index contributed by atoms with van der Waals surface area (Å²) in [6.07, 6.45) is 3.97. The van der Waals surface area contributed by atoms with Gasteiger partial charge < -0.3 is 16.0 Å². The van der Waals surface area contributed by atoms with Gasteiger partial charge in [-0.25, -0.2) is 4.98 Å². The Kier molecular flexibility index (Phi) is 4.92. The molecule has 1 aliphatic carbocycles. The van der Waals surface area contributed by atoms with Gasteiger partial charge in [-0.1, -0.05) is 17.8 Å². The zero-order valence-corrected chi connectivity index (χ0v) is 16.6. The number of thioether (sulfide) groups is 1. The number of aryl methyl sites for hydroxylation is 2. The summed E-state index contributed by atoms with van der Waals surface area (Å²) in [7, 11) is 0. The summed E-state index contributed by atoms with van der Waals surface area (Å²) < 4.78 is 0. The number of aromatic amines is 1. The summed E-state index contributed by atoms with van der Waals surface area (Å²) in [4.78, 5) is 33.2. The fraction of sp³-hybridized carbons (Fsp3) is 0.316. The van der Waals surface area contributed by atoms with Gasteiger partial charge in [0.25, 0.3) is 5.91 Å². The van der Waals surface area contributed by atoms with Crippen molar-refractivity contribution in [2.24, 2.45) is 5.73 Å². The first-order valence-electron chi connectivity index (χ1n) is 8.84. The van der Waals surface area contributed by atoms with Crippen LogP contribution in [0.25, 0.3) is 11.0 Å². The number of nitrogens with zero attached hydrogens (tertiary/aromatic N) is 1. The molecule has 0 saturated heterocycles. The van der Waals surface area contributed by atoms with Gasteiger partial charge in [0, 0.05) is 4.88 Å². The van der Waals surface area contributed by atoms with Crippen LogP contribution in [0.3, 0.4) is 0 Å². The molecule has 3 aromatic rings. The summed E-state index contributed by atoms with van der Waals surface area (Å²) in [5.74, 6) is -0.428. The monoisotopic (exact) mass is 400 g/mol. The van der Waals surface area contributed by atoms with Crippen LogP contribution >= 0.6 is 23.1 Å². The number of carbonyl (C=O) groups is 2. The highest BCUT2D eigenvalue weighted by Crippen LogP contribution is 2.38. The van der Waals surface area contributed by atoms with Crippen LogP contribution in [0.5, 0.6) is 0 Å². The van der Waals surface area contributed by atoms with Gasteiger partial charge in [-0.05, 0) is 55.9 Å². The van der Waals surface area contributed by atoms with Gasteiger partial charge in [0.05, 0.1) is 22.3 Å². The maximum Gasteiger partial charge on any atom is 0.251 e. The van der Waals surface area contributed by atoms with Gasteiger partial charge in [-0.15, -0.1) is 11.3 Å². The number of anilines is 1. The fourth-order valence-corrected chi connectivity index (χ4v) is 5.38. The Bertz CT molecular complexity index is 1040. The first-order valence-corrected chi connectivity index (χ1v) is 10.6. The van der Waals surface area contributed by atoms with Crippen molar-refractivity contribution >= 4 is 50.9 Å². The minimum absolute atomic E-state index is 0.169. The molecule has 27 heavy (non-hydrogen) atoms. The molecule has 2 aromatic heterocycles. The fourth-order valence-electron chi connectivity index (χ4n) is 3.38. The maximum absolute atomic E-state index is 12.4. The molecule has 1 aliphatic rings. The molecule has 1 aromatic carbocycles. The van der Waals surface area contributed by atoms with Gasteiger partial charge in [0.1, 0.15) is 5.00 Å². The third-order valence-corrected chi connectivity index (χ3v) is 6.71. The lowest BCUT2D eigenvalue weighted by Crippen LogP contribution is -2.19. The van der Waals surface area contributed by atoms with E-state index in [2.05, 4.69) is 15.3 Å². The molecule has 0 saturated carbocycles. The second kappa shape index (κ2) is 7.36. The Morgan fingerprint density at radius 3 is 2.96 bits per heavy atom. The van der Waals surface area contributed by atoms with Gasteiger partial charge >= 0.3 is 0 Å². The summed E-state index contributed by atoms with van der Waals surface area (Å²) >= 11 is 2.82. The van der Waals surface area contributed by atoms with Gasteiger partial charge in [0.2, 0.25) is 5.91 Å². The van der Waals surface area contributed by atoms with Crippen LogP contribution in [0.1, 0.15) is 39.2 Å². The molecule has 6 nitrogen and oxygen atoms in total. The smallest absolute Gasteiger partial charge is 0.251 e. The number of aromatic nitrogens is 2. The molecule has 0 radical (unpaired) electrons. The normalized spacial score (nSPS) is 13.5. The van der Waals surface area contributed by atoms with Crippen LogP contribution in [0.4, 0.5) is 5.00 Å². The highest BCUT2D eigenvalue weighted by molar-refractivity contribution is 7.99. The SMILES string of the molecule is Cc1ccc2nc(SCC(=O)Nc3sc4c(c3C(N)=O)CCCC4)[nH]c2c1. The third kappa shape index (κ3) is 3.72. The highest BCUT2D eigenvalue weighted by Gasteiger charge is 2.25. The van der Waals surface area contributed by atoms with E-state index in [9.17, 15) is 9.59 Å². The number of amides is 2. The number of thiophene rings is 1. The largest absolute Gasteiger partial charge is 0.365 e. The van der Waals surface area contributed by atoms with E-state index in [-0.39, 0.29) is 11.7 Å². The van der Waals surface area contributed by atoms with Gasteiger partial charge in [0.15, 0.2) is 5.16 Å². The van der Waals surface area contributed by atoms with Crippen LogP contribution in [0.15, 0.2) is 23.4 Å². The number of nitrogens with one attached hydrogen (secondary N) is 2. The van der Waals surface area contributed by atoms with Crippen LogP contribution in [-0.2, 0) is 17.6 Å². The van der Waals surface area contributed by atoms with E-state index in [1.54, 1.807) is 0 Å². The summed E-state index contributed by atoms with van der Waals surface area (Å²) in [6, 6.07) is 6.00. The number of imidazole rings is 1. The van der Waals surface area contributed by atoms with Crippen LogP contribution in [0.2, 0.25) is 0 Å². The lowest BCUT2D eigenvalue weighted by atomic mass is 9.95. The standard InChI is InChI=1S/C19H20N4O2S2/c1-10-6-7-12-13(8-10)22-19(21-12)26-9-15(24)23-18-16(17(20)25)11-4-2-3-5-14(11)27-18/h6-8H,2-5,9H2,1H3,(H2,20,25)(H,21,22)(H,23,24). The molecule has 0 fully saturated rings. The molecular weight excluding hydrogens is 380 g/mol. The molecule has 0 spiro atoms. The highest BCUT2D eigenvalue weighted by atomic mass is 32.2. The predicted octanol–water partition coefficient (Wildman–Crippen LogP) is 3.64. The Balaban J connectivity index is 1.46. The molecule has 8 heteroatoms. The van der Waals surface area contributed by atoms with Crippen molar-refractivity contribution < 1.29 is 9.59 Å². The molecular formula is C19H20N4O2S2. The van der Waals surface area contributed by atoms with Crippen molar-refractivity contribution in [1.82, 2.24) is 9.97 Å². The molecule has 4 rings (SSSR count). The molecule has 140 valence electrons. The Hall–Kier alpha value is -2.32. The number of hydrogen-bond donors (Lipinski definition) is 3. The third-order valence-electron chi connectivity index (χ3n) is 4.63. The van der Waals surface area contributed by atoms with E-state index in [0.29, 0.717) is 15.7 Å². The predicted molar refractivity (Wildman–Crippen MR) is 110 cm³/mol. The Morgan fingerprint density at radius 1 is 1.33 bits per heavy atom. The molecule has 0 bridgehead atoms. The molecule has 2 amide bonds. The second-order valence-corrected chi connectivity index (χ2v) is 8.75. The quantitative estimate of drug-likeness (QED) is 0.569. The Morgan fingerprint density at radius 2 is 2.15 bits per heavy atom. The lowest BCUT2D eigenvalue weighted by molar-refractivity contribution is -0.113. The second-order valence-electron chi connectivity index (χ2n) is 6.68. The number of fused-ring (bicyclic) bond motifs is 2. The average molecular weight is 401 g/mol.